The fourth-order valence-corrected chi connectivity index (χ4v) is 2.01. The van der Waals surface area contributed by atoms with Gasteiger partial charge < -0.3 is 10.0 Å². The van der Waals surface area contributed by atoms with Crippen LogP contribution < -0.4 is 5.43 Å². The number of aromatic hydroxyl groups is 1. The van der Waals surface area contributed by atoms with Crippen molar-refractivity contribution in [2.75, 3.05) is 39.8 Å². The molecule has 2 rings (SSSR count). The summed E-state index contributed by atoms with van der Waals surface area (Å²) in [7, 11) is 2.08. The Labute approximate surface area is 118 Å². The molecule has 1 aliphatic heterocycles. The molecule has 6 nitrogen and oxygen atoms in total. The Morgan fingerprint density at radius 3 is 2.75 bits per heavy atom. The number of rotatable bonds is 4. The van der Waals surface area contributed by atoms with Crippen LogP contribution in [0.15, 0.2) is 29.4 Å². The van der Waals surface area contributed by atoms with Crippen LogP contribution >= 0.6 is 0 Å². The molecular formula is C14H20N4O2. The van der Waals surface area contributed by atoms with Crippen molar-refractivity contribution in [3.8, 4) is 5.75 Å². The zero-order valence-corrected chi connectivity index (χ0v) is 11.6. The van der Waals surface area contributed by atoms with Crippen LogP contribution in [0.4, 0.5) is 0 Å². The highest BCUT2D eigenvalue weighted by molar-refractivity contribution is 5.85. The summed E-state index contributed by atoms with van der Waals surface area (Å²) in [5.41, 5.74) is 3.06. The lowest BCUT2D eigenvalue weighted by molar-refractivity contribution is -0.122. The van der Waals surface area contributed by atoms with Crippen LogP contribution in [0.25, 0.3) is 0 Å². The number of carbonyl (C=O) groups is 1. The summed E-state index contributed by atoms with van der Waals surface area (Å²) < 4.78 is 0. The largest absolute Gasteiger partial charge is 0.507 e. The van der Waals surface area contributed by atoms with E-state index < -0.39 is 0 Å². The first-order valence-electron chi connectivity index (χ1n) is 6.66. The second-order valence-electron chi connectivity index (χ2n) is 4.93. The van der Waals surface area contributed by atoms with Gasteiger partial charge in [0.05, 0.1) is 12.8 Å². The average molecular weight is 276 g/mol. The number of hydrazone groups is 1. The maximum absolute atomic E-state index is 11.7. The molecular weight excluding hydrogens is 256 g/mol. The number of phenolic OH excluding ortho intramolecular Hbond substituents is 1. The highest BCUT2D eigenvalue weighted by Crippen LogP contribution is 2.12. The third-order valence-corrected chi connectivity index (χ3v) is 3.29. The van der Waals surface area contributed by atoms with Gasteiger partial charge in [-0.1, -0.05) is 12.1 Å². The summed E-state index contributed by atoms with van der Waals surface area (Å²) in [6, 6.07) is 6.84. The van der Waals surface area contributed by atoms with Crippen LogP contribution in [0.2, 0.25) is 0 Å². The van der Waals surface area contributed by atoms with Gasteiger partial charge >= 0.3 is 0 Å². The van der Waals surface area contributed by atoms with Crippen molar-refractivity contribution in [3.05, 3.63) is 29.8 Å². The molecule has 0 aromatic heterocycles. The van der Waals surface area contributed by atoms with Crippen molar-refractivity contribution < 1.29 is 9.90 Å². The zero-order chi connectivity index (χ0) is 14.4. The first kappa shape index (κ1) is 14.5. The van der Waals surface area contributed by atoms with Crippen LogP contribution in [-0.4, -0.2) is 66.8 Å². The Kier molecular flexibility index (Phi) is 5.09. The van der Waals surface area contributed by atoms with Gasteiger partial charge in [-0.15, -0.1) is 0 Å². The highest BCUT2D eigenvalue weighted by Gasteiger charge is 2.15. The lowest BCUT2D eigenvalue weighted by atomic mass is 10.2. The van der Waals surface area contributed by atoms with Crippen molar-refractivity contribution in [2.45, 2.75) is 0 Å². The number of hydrogen-bond acceptors (Lipinski definition) is 5. The van der Waals surface area contributed by atoms with Crippen LogP contribution in [-0.2, 0) is 4.79 Å². The third kappa shape index (κ3) is 4.32. The molecule has 1 amide bonds. The Morgan fingerprint density at radius 1 is 1.35 bits per heavy atom. The minimum atomic E-state index is -0.138. The second kappa shape index (κ2) is 7.02. The average Bonchev–Trinajstić information content (AvgIpc) is 2.43. The highest BCUT2D eigenvalue weighted by atomic mass is 16.3. The molecule has 0 saturated carbocycles. The lowest BCUT2D eigenvalue weighted by Crippen LogP contribution is -2.47. The number of likely N-dealkylation sites (N-methyl/N-ethyl adjacent to an activating group) is 1. The second-order valence-corrected chi connectivity index (χ2v) is 4.93. The number of piperazine rings is 1. The minimum Gasteiger partial charge on any atom is -0.507 e. The SMILES string of the molecule is CN1CCN(CC(=O)N/N=C/c2ccccc2O)CC1. The normalized spacial score (nSPS) is 17.4. The van der Waals surface area contributed by atoms with Crippen LogP contribution in [0.3, 0.4) is 0 Å². The van der Waals surface area contributed by atoms with E-state index in [1.165, 1.54) is 6.21 Å². The van der Waals surface area contributed by atoms with E-state index in [0.717, 1.165) is 26.2 Å². The smallest absolute Gasteiger partial charge is 0.254 e. The Balaban J connectivity index is 1.76. The summed E-state index contributed by atoms with van der Waals surface area (Å²) >= 11 is 0. The fraction of sp³-hybridized carbons (Fsp3) is 0.429. The van der Waals surface area contributed by atoms with Gasteiger partial charge in [0.1, 0.15) is 5.75 Å². The molecule has 1 aromatic rings. The molecule has 1 fully saturated rings. The summed E-state index contributed by atoms with van der Waals surface area (Å²) in [4.78, 5) is 16.1. The number of nitrogens with zero attached hydrogens (tertiary/aromatic N) is 3. The van der Waals surface area contributed by atoms with Crippen molar-refractivity contribution in [2.24, 2.45) is 5.10 Å². The van der Waals surface area contributed by atoms with E-state index in [0.29, 0.717) is 12.1 Å². The summed E-state index contributed by atoms with van der Waals surface area (Å²) in [6.45, 7) is 4.11. The van der Waals surface area contributed by atoms with E-state index in [1.807, 2.05) is 0 Å². The summed E-state index contributed by atoms with van der Waals surface area (Å²) in [5.74, 6) is 0.00536. The quantitative estimate of drug-likeness (QED) is 0.604. The number of phenols is 1. The first-order valence-corrected chi connectivity index (χ1v) is 6.66. The molecule has 1 aromatic carbocycles. The van der Waals surface area contributed by atoms with Crippen LogP contribution in [0.5, 0.6) is 5.75 Å². The maximum atomic E-state index is 11.7. The molecule has 0 bridgehead atoms. The molecule has 0 radical (unpaired) electrons. The van der Waals surface area contributed by atoms with Gasteiger partial charge in [-0.05, 0) is 19.2 Å². The van der Waals surface area contributed by atoms with Crippen molar-refractivity contribution in [1.29, 1.82) is 0 Å². The molecule has 1 heterocycles. The van der Waals surface area contributed by atoms with E-state index in [2.05, 4.69) is 27.4 Å². The van der Waals surface area contributed by atoms with E-state index in [-0.39, 0.29) is 11.7 Å². The predicted octanol–water partition coefficient (Wildman–Crippen LogP) is 0.0897. The number of nitrogens with one attached hydrogen (secondary N) is 1. The number of carbonyl (C=O) groups excluding carboxylic acids is 1. The number of amides is 1. The van der Waals surface area contributed by atoms with Crippen molar-refractivity contribution in [1.82, 2.24) is 15.2 Å². The van der Waals surface area contributed by atoms with Gasteiger partial charge in [0.2, 0.25) is 0 Å². The molecule has 0 atom stereocenters. The van der Waals surface area contributed by atoms with E-state index in [1.54, 1.807) is 24.3 Å². The van der Waals surface area contributed by atoms with Crippen LogP contribution in [0, 0.1) is 0 Å². The van der Waals surface area contributed by atoms with Gasteiger partial charge in [-0.2, -0.15) is 5.10 Å². The van der Waals surface area contributed by atoms with Gasteiger partial charge in [0.15, 0.2) is 0 Å². The summed E-state index contributed by atoms with van der Waals surface area (Å²) in [5, 5.41) is 13.4. The molecule has 1 aliphatic rings. The lowest BCUT2D eigenvalue weighted by Gasteiger charge is -2.31. The molecule has 6 heteroatoms. The maximum Gasteiger partial charge on any atom is 0.254 e. The van der Waals surface area contributed by atoms with Crippen LogP contribution in [0.1, 0.15) is 5.56 Å². The first-order chi connectivity index (χ1) is 9.65. The number of benzene rings is 1. The molecule has 108 valence electrons. The molecule has 20 heavy (non-hydrogen) atoms. The Hall–Kier alpha value is -1.92. The molecule has 0 unspecified atom stereocenters. The van der Waals surface area contributed by atoms with E-state index >= 15 is 0 Å². The minimum absolute atomic E-state index is 0.138. The third-order valence-electron chi connectivity index (χ3n) is 3.29. The van der Waals surface area contributed by atoms with Crippen molar-refractivity contribution >= 4 is 12.1 Å². The predicted molar refractivity (Wildman–Crippen MR) is 77.8 cm³/mol. The Morgan fingerprint density at radius 2 is 2.05 bits per heavy atom. The Bertz CT molecular complexity index is 482. The monoisotopic (exact) mass is 276 g/mol. The van der Waals surface area contributed by atoms with Gasteiger partial charge in [-0.3, -0.25) is 9.69 Å². The van der Waals surface area contributed by atoms with E-state index in [4.69, 9.17) is 0 Å². The molecule has 0 spiro atoms. The zero-order valence-electron chi connectivity index (χ0n) is 11.6. The number of hydrogen-bond donors (Lipinski definition) is 2. The molecule has 0 aliphatic carbocycles. The summed E-state index contributed by atoms with van der Waals surface area (Å²) in [6.07, 6.45) is 1.44. The molecule has 1 saturated heterocycles. The van der Waals surface area contributed by atoms with E-state index in [9.17, 15) is 9.90 Å². The van der Waals surface area contributed by atoms with Gasteiger partial charge in [0.25, 0.3) is 5.91 Å². The fourth-order valence-electron chi connectivity index (χ4n) is 2.01. The standard InChI is InChI=1S/C14H20N4O2/c1-17-6-8-18(9-7-17)11-14(20)16-15-10-12-4-2-3-5-13(12)19/h2-5,10,19H,6-9,11H2,1H3,(H,16,20)/b15-10+. The topological polar surface area (TPSA) is 68.2 Å². The number of para-hydroxylation sites is 1. The van der Waals surface area contributed by atoms with Gasteiger partial charge in [0, 0.05) is 31.7 Å². The molecule has 2 N–H and O–H groups in total. The van der Waals surface area contributed by atoms with Gasteiger partial charge in [-0.25, -0.2) is 5.43 Å². The van der Waals surface area contributed by atoms with Crippen molar-refractivity contribution in [3.63, 3.8) is 0 Å².